The number of hydrogen-bond donors (Lipinski definition) is 2. The van der Waals surface area contributed by atoms with Gasteiger partial charge >= 0.3 is 12.4 Å². The van der Waals surface area contributed by atoms with Crippen LogP contribution in [0, 0.1) is 0 Å². The van der Waals surface area contributed by atoms with Gasteiger partial charge in [0.15, 0.2) is 0 Å². The first-order valence-electron chi connectivity index (χ1n) is 5.77. The summed E-state index contributed by atoms with van der Waals surface area (Å²) in [6, 6.07) is 0.774. The minimum atomic E-state index is -5.61. The zero-order chi connectivity index (χ0) is 15.8. The van der Waals surface area contributed by atoms with Crippen LogP contribution in [0.15, 0.2) is 6.07 Å². The molecule has 0 saturated heterocycles. The van der Waals surface area contributed by atoms with Crippen LogP contribution in [0.4, 0.5) is 32.2 Å². The van der Waals surface area contributed by atoms with E-state index in [1.54, 1.807) is 0 Å². The zero-order valence-corrected chi connectivity index (χ0v) is 10.3. The molecule has 11 heteroatoms. The lowest BCUT2D eigenvalue weighted by Gasteiger charge is -2.23. The van der Waals surface area contributed by atoms with Gasteiger partial charge in [0.05, 0.1) is 0 Å². The van der Waals surface area contributed by atoms with Gasteiger partial charge in [-0.15, -0.1) is 0 Å². The van der Waals surface area contributed by atoms with Gasteiger partial charge < -0.3 is 10.2 Å². The Morgan fingerprint density at radius 2 is 1.71 bits per heavy atom. The number of anilines is 1. The van der Waals surface area contributed by atoms with Crippen LogP contribution in [0.3, 0.4) is 0 Å². The molecule has 0 spiro atoms. The lowest BCUT2D eigenvalue weighted by atomic mass is 10.3. The van der Waals surface area contributed by atoms with Crippen molar-refractivity contribution in [2.45, 2.75) is 37.2 Å². The summed E-state index contributed by atoms with van der Waals surface area (Å²) in [5.41, 5.74) is 2.05. The molecule has 0 aliphatic heterocycles. The van der Waals surface area contributed by atoms with Gasteiger partial charge in [-0.05, 0) is 12.8 Å². The molecule has 0 unspecified atom stereocenters. The summed E-state index contributed by atoms with van der Waals surface area (Å²) in [7, 11) is 0. The number of nitrogens with two attached hydrogens (primary N) is 1. The molecule has 1 aromatic rings. The van der Waals surface area contributed by atoms with Gasteiger partial charge in [0.2, 0.25) is 5.88 Å². The van der Waals surface area contributed by atoms with Gasteiger partial charge in [0.1, 0.15) is 11.6 Å². The molecule has 0 radical (unpaired) electrons. The van der Waals surface area contributed by atoms with Gasteiger partial charge in [-0.25, -0.2) is 10.8 Å². The maximum absolute atomic E-state index is 12.4. The highest BCUT2D eigenvalue weighted by Gasteiger charge is 2.59. The van der Waals surface area contributed by atoms with E-state index in [0.717, 1.165) is 6.07 Å². The molecule has 1 aromatic heterocycles. The summed E-state index contributed by atoms with van der Waals surface area (Å²) in [5.74, 6) is 4.12. The maximum atomic E-state index is 12.4. The van der Waals surface area contributed by atoms with Crippen molar-refractivity contribution in [1.29, 1.82) is 0 Å². The summed E-state index contributed by atoms with van der Waals surface area (Å²) >= 11 is 0. The fourth-order valence-electron chi connectivity index (χ4n) is 1.54. The van der Waals surface area contributed by atoms with Crippen molar-refractivity contribution in [3.05, 3.63) is 11.9 Å². The molecule has 2 rings (SSSR count). The topological polar surface area (TPSA) is 73.1 Å². The van der Waals surface area contributed by atoms with Crippen LogP contribution in [-0.2, 0) is 0 Å². The summed E-state index contributed by atoms with van der Waals surface area (Å²) in [6.45, 7) is 0. The van der Waals surface area contributed by atoms with Crippen molar-refractivity contribution >= 4 is 5.82 Å². The predicted molar refractivity (Wildman–Crippen MR) is 58.3 cm³/mol. The third kappa shape index (κ3) is 3.86. The van der Waals surface area contributed by atoms with Crippen molar-refractivity contribution in [3.8, 4) is 5.88 Å². The molecule has 1 fully saturated rings. The molecule has 0 atom stereocenters. The SMILES string of the molecule is NNc1cc(OC(C(F)(F)F)C(F)(F)F)nc(C2CC2)n1. The summed E-state index contributed by atoms with van der Waals surface area (Å²) < 4.78 is 78.6. The molecule has 3 N–H and O–H groups in total. The number of aromatic nitrogens is 2. The van der Waals surface area contributed by atoms with Crippen LogP contribution in [0.25, 0.3) is 0 Å². The third-order valence-electron chi connectivity index (χ3n) is 2.64. The van der Waals surface area contributed by atoms with Gasteiger partial charge in [0, 0.05) is 12.0 Å². The van der Waals surface area contributed by atoms with Crippen LogP contribution in [0.5, 0.6) is 5.88 Å². The third-order valence-corrected chi connectivity index (χ3v) is 2.64. The largest absolute Gasteiger partial charge is 0.455 e. The van der Waals surface area contributed by atoms with Crippen LogP contribution >= 0.6 is 0 Å². The summed E-state index contributed by atoms with van der Waals surface area (Å²) in [4.78, 5) is 7.44. The molecule has 118 valence electrons. The van der Waals surface area contributed by atoms with Gasteiger partial charge in [-0.2, -0.15) is 31.3 Å². The molecular weight excluding hydrogens is 306 g/mol. The van der Waals surface area contributed by atoms with E-state index in [1.165, 1.54) is 0 Å². The molecule has 1 saturated carbocycles. The van der Waals surface area contributed by atoms with Crippen molar-refractivity contribution in [2.75, 3.05) is 5.43 Å². The number of hydrogen-bond acceptors (Lipinski definition) is 5. The first-order chi connectivity index (χ1) is 9.61. The predicted octanol–water partition coefficient (Wildman–Crippen LogP) is 2.51. The number of nitrogens with zero attached hydrogens (tertiary/aromatic N) is 2. The molecule has 0 aromatic carbocycles. The molecule has 21 heavy (non-hydrogen) atoms. The Morgan fingerprint density at radius 3 is 2.14 bits per heavy atom. The number of nitrogen functional groups attached to an aromatic ring is 1. The van der Waals surface area contributed by atoms with E-state index < -0.39 is 24.3 Å². The molecular formula is C10H10F6N4O. The average molecular weight is 316 g/mol. The Hall–Kier alpha value is -1.78. The summed E-state index contributed by atoms with van der Waals surface area (Å²) in [6.07, 6.45) is -13.8. The number of hydrazine groups is 1. The van der Waals surface area contributed by atoms with E-state index in [0.29, 0.717) is 12.8 Å². The first kappa shape index (κ1) is 15.6. The average Bonchev–Trinajstić information content (AvgIpc) is 3.17. The van der Waals surface area contributed by atoms with Crippen LogP contribution in [-0.4, -0.2) is 28.4 Å². The molecule has 0 bridgehead atoms. The van der Waals surface area contributed by atoms with Gasteiger partial charge in [-0.1, -0.05) is 0 Å². The Bertz CT molecular complexity index is 499. The summed E-state index contributed by atoms with van der Waals surface area (Å²) in [5, 5.41) is 0. The number of alkyl halides is 6. The molecule has 1 aliphatic carbocycles. The Balaban J connectivity index is 2.30. The molecule has 0 amide bonds. The highest BCUT2D eigenvalue weighted by molar-refractivity contribution is 5.38. The zero-order valence-electron chi connectivity index (χ0n) is 10.3. The Labute approximate surface area is 114 Å². The normalized spacial score (nSPS) is 16.2. The Morgan fingerprint density at radius 1 is 1.14 bits per heavy atom. The highest BCUT2D eigenvalue weighted by Crippen LogP contribution is 2.40. The van der Waals surface area contributed by atoms with Crippen molar-refractivity contribution in [1.82, 2.24) is 9.97 Å². The lowest BCUT2D eigenvalue weighted by Crippen LogP contribution is -2.46. The quantitative estimate of drug-likeness (QED) is 0.507. The maximum Gasteiger partial charge on any atom is 0.434 e. The highest BCUT2D eigenvalue weighted by atomic mass is 19.4. The standard InChI is InChI=1S/C10H10F6N4O/c11-9(12,13)8(10(14,15)16)21-6-3-5(20-17)18-7(19-6)4-1-2-4/h3-4,8H,1-2,17H2,(H,18,19,20). The fraction of sp³-hybridized carbons (Fsp3) is 0.600. The van der Waals surface area contributed by atoms with Gasteiger partial charge in [0.25, 0.3) is 6.10 Å². The number of nitrogens with one attached hydrogen (secondary N) is 1. The Kier molecular flexibility index (Phi) is 3.87. The first-order valence-corrected chi connectivity index (χ1v) is 5.77. The number of ether oxygens (including phenoxy) is 1. The monoisotopic (exact) mass is 316 g/mol. The minimum absolute atomic E-state index is 0.101. The molecule has 5 nitrogen and oxygen atoms in total. The fourth-order valence-corrected chi connectivity index (χ4v) is 1.54. The van der Waals surface area contributed by atoms with E-state index in [4.69, 9.17) is 5.84 Å². The number of halogens is 6. The van der Waals surface area contributed by atoms with E-state index in [2.05, 4.69) is 14.7 Å². The van der Waals surface area contributed by atoms with Gasteiger partial charge in [-0.3, -0.25) is 0 Å². The number of rotatable bonds is 4. The second kappa shape index (κ2) is 5.20. The van der Waals surface area contributed by atoms with E-state index in [1.807, 2.05) is 5.43 Å². The van der Waals surface area contributed by atoms with Crippen molar-refractivity contribution < 1.29 is 31.1 Å². The van der Waals surface area contributed by atoms with E-state index >= 15 is 0 Å². The van der Waals surface area contributed by atoms with Crippen LogP contribution < -0.4 is 16.0 Å². The van der Waals surface area contributed by atoms with Crippen LogP contribution in [0.1, 0.15) is 24.6 Å². The second-order valence-electron chi connectivity index (χ2n) is 4.45. The second-order valence-corrected chi connectivity index (χ2v) is 4.45. The lowest BCUT2D eigenvalue weighted by molar-refractivity contribution is -0.300. The van der Waals surface area contributed by atoms with E-state index in [-0.39, 0.29) is 17.6 Å². The van der Waals surface area contributed by atoms with E-state index in [9.17, 15) is 26.3 Å². The van der Waals surface area contributed by atoms with Crippen LogP contribution in [0.2, 0.25) is 0 Å². The van der Waals surface area contributed by atoms with Crippen molar-refractivity contribution in [2.24, 2.45) is 5.84 Å². The smallest absolute Gasteiger partial charge is 0.434 e. The minimum Gasteiger partial charge on any atom is -0.455 e. The molecule has 1 aliphatic rings. The van der Waals surface area contributed by atoms with Crippen molar-refractivity contribution in [3.63, 3.8) is 0 Å². The molecule has 1 heterocycles.